The van der Waals surface area contributed by atoms with Crippen molar-refractivity contribution in [1.82, 2.24) is 9.88 Å². The zero-order valence-corrected chi connectivity index (χ0v) is 16.6. The topological polar surface area (TPSA) is 92.9 Å². The maximum absolute atomic E-state index is 13.2. The Kier molecular flexibility index (Phi) is 5.66. The van der Waals surface area contributed by atoms with E-state index < -0.39 is 23.5 Å². The number of carbonyl (C=O) groups is 2. The van der Waals surface area contributed by atoms with Crippen molar-refractivity contribution in [2.75, 3.05) is 6.61 Å². The number of amides is 1. The SMILES string of the molecule is C=CCOc1cccc([C@@H]2C(C(=O)c3ccco3)=C(O)C(=O)N2Cc2ccncc2)c1. The highest BCUT2D eigenvalue weighted by Gasteiger charge is 2.44. The first-order chi connectivity index (χ1) is 15.1. The lowest BCUT2D eigenvalue weighted by atomic mass is 9.94. The molecule has 0 saturated heterocycles. The molecule has 7 nitrogen and oxygen atoms in total. The van der Waals surface area contributed by atoms with Crippen LogP contribution >= 0.6 is 0 Å². The number of hydrogen-bond donors (Lipinski definition) is 1. The van der Waals surface area contributed by atoms with E-state index in [1.165, 1.54) is 17.2 Å². The van der Waals surface area contributed by atoms with E-state index in [4.69, 9.17) is 9.15 Å². The Morgan fingerprint density at radius 2 is 2.03 bits per heavy atom. The van der Waals surface area contributed by atoms with Gasteiger partial charge in [-0.05, 0) is 47.5 Å². The molecular weight excluding hydrogens is 396 g/mol. The summed E-state index contributed by atoms with van der Waals surface area (Å²) in [5.41, 5.74) is 1.41. The van der Waals surface area contributed by atoms with Gasteiger partial charge in [0.1, 0.15) is 12.4 Å². The lowest BCUT2D eigenvalue weighted by Crippen LogP contribution is -2.30. The summed E-state index contributed by atoms with van der Waals surface area (Å²) < 4.78 is 10.9. The highest BCUT2D eigenvalue weighted by molar-refractivity contribution is 6.15. The summed E-state index contributed by atoms with van der Waals surface area (Å²) in [6.45, 7) is 4.14. The van der Waals surface area contributed by atoms with E-state index in [1.807, 2.05) is 0 Å². The van der Waals surface area contributed by atoms with Gasteiger partial charge in [0.2, 0.25) is 5.78 Å². The number of Topliss-reactive ketones (excluding diaryl/α,β-unsaturated/α-hetero) is 1. The molecule has 4 rings (SSSR count). The maximum Gasteiger partial charge on any atom is 0.290 e. The van der Waals surface area contributed by atoms with Crippen LogP contribution in [0, 0.1) is 0 Å². The molecule has 0 unspecified atom stereocenters. The fraction of sp³-hybridized carbons (Fsp3) is 0.125. The van der Waals surface area contributed by atoms with Crippen molar-refractivity contribution in [3.05, 3.63) is 108 Å². The smallest absolute Gasteiger partial charge is 0.290 e. The van der Waals surface area contributed by atoms with Crippen LogP contribution in [-0.2, 0) is 11.3 Å². The fourth-order valence-corrected chi connectivity index (χ4v) is 3.55. The van der Waals surface area contributed by atoms with Crippen LogP contribution < -0.4 is 4.74 Å². The normalized spacial score (nSPS) is 15.9. The summed E-state index contributed by atoms with van der Waals surface area (Å²) in [6, 6.07) is 12.9. The Labute approximate surface area is 178 Å². The second-order valence-corrected chi connectivity index (χ2v) is 6.93. The van der Waals surface area contributed by atoms with Gasteiger partial charge in [0.15, 0.2) is 11.5 Å². The van der Waals surface area contributed by atoms with Gasteiger partial charge in [0.05, 0.1) is 17.9 Å². The van der Waals surface area contributed by atoms with E-state index in [0.717, 1.165) is 5.56 Å². The number of rotatable bonds is 8. The number of furan rings is 1. The van der Waals surface area contributed by atoms with E-state index in [-0.39, 0.29) is 17.9 Å². The molecule has 0 bridgehead atoms. The van der Waals surface area contributed by atoms with Crippen molar-refractivity contribution in [1.29, 1.82) is 0 Å². The second kappa shape index (κ2) is 8.71. The van der Waals surface area contributed by atoms with E-state index in [2.05, 4.69) is 11.6 Å². The summed E-state index contributed by atoms with van der Waals surface area (Å²) in [5.74, 6) is -1.16. The van der Waals surface area contributed by atoms with Gasteiger partial charge in [-0.1, -0.05) is 24.8 Å². The van der Waals surface area contributed by atoms with Crippen LogP contribution in [0.25, 0.3) is 0 Å². The molecule has 156 valence electrons. The molecule has 0 radical (unpaired) electrons. The Bertz CT molecular complexity index is 1140. The third-order valence-corrected chi connectivity index (χ3v) is 4.94. The molecule has 1 aliphatic rings. The van der Waals surface area contributed by atoms with Crippen molar-refractivity contribution in [3.63, 3.8) is 0 Å². The van der Waals surface area contributed by atoms with Gasteiger partial charge < -0.3 is 19.2 Å². The van der Waals surface area contributed by atoms with Gasteiger partial charge >= 0.3 is 0 Å². The minimum Gasteiger partial charge on any atom is -0.503 e. The summed E-state index contributed by atoms with van der Waals surface area (Å²) in [7, 11) is 0. The van der Waals surface area contributed by atoms with E-state index in [0.29, 0.717) is 17.9 Å². The fourth-order valence-electron chi connectivity index (χ4n) is 3.55. The molecule has 3 heterocycles. The van der Waals surface area contributed by atoms with Crippen LogP contribution in [0.1, 0.15) is 27.7 Å². The van der Waals surface area contributed by atoms with Gasteiger partial charge in [-0.2, -0.15) is 0 Å². The third kappa shape index (κ3) is 3.98. The molecule has 1 aliphatic heterocycles. The Balaban J connectivity index is 1.78. The summed E-state index contributed by atoms with van der Waals surface area (Å²) in [4.78, 5) is 31.6. The summed E-state index contributed by atoms with van der Waals surface area (Å²) in [5, 5.41) is 10.7. The molecule has 3 aromatic rings. The van der Waals surface area contributed by atoms with Crippen molar-refractivity contribution >= 4 is 11.7 Å². The summed E-state index contributed by atoms with van der Waals surface area (Å²) in [6.07, 6.45) is 6.24. The van der Waals surface area contributed by atoms with Gasteiger partial charge in [-0.3, -0.25) is 14.6 Å². The number of ketones is 1. The summed E-state index contributed by atoms with van der Waals surface area (Å²) >= 11 is 0. The average Bonchev–Trinajstić information content (AvgIpc) is 3.42. The quantitative estimate of drug-likeness (QED) is 0.440. The molecule has 1 amide bonds. The van der Waals surface area contributed by atoms with Crippen LogP contribution in [0.5, 0.6) is 5.75 Å². The van der Waals surface area contributed by atoms with E-state index >= 15 is 0 Å². The minimum absolute atomic E-state index is 0.0325. The van der Waals surface area contributed by atoms with Crippen molar-refractivity contribution in [2.24, 2.45) is 0 Å². The van der Waals surface area contributed by atoms with Crippen molar-refractivity contribution in [2.45, 2.75) is 12.6 Å². The van der Waals surface area contributed by atoms with E-state index in [1.54, 1.807) is 60.9 Å². The van der Waals surface area contributed by atoms with Crippen LogP contribution in [0.4, 0.5) is 0 Å². The van der Waals surface area contributed by atoms with Gasteiger partial charge in [0.25, 0.3) is 5.91 Å². The van der Waals surface area contributed by atoms with E-state index in [9.17, 15) is 14.7 Å². The Morgan fingerprint density at radius 1 is 1.23 bits per heavy atom. The van der Waals surface area contributed by atoms with Gasteiger partial charge in [-0.15, -0.1) is 0 Å². The number of aromatic nitrogens is 1. The molecule has 0 spiro atoms. The molecule has 0 saturated carbocycles. The highest BCUT2D eigenvalue weighted by Crippen LogP contribution is 2.40. The molecule has 1 atom stereocenters. The number of aliphatic hydroxyl groups excluding tert-OH is 1. The Hall–Kier alpha value is -4.13. The number of ether oxygens (including phenoxy) is 1. The lowest BCUT2D eigenvalue weighted by molar-refractivity contribution is -0.130. The number of benzene rings is 1. The zero-order chi connectivity index (χ0) is 21.8. The first-order valence-electron chi connectivity index (χ1n) is 9.65. The molecule has 1 aromatic carbocycles. The number of pyridine rings is 1. The molecule has 1 N–H and O–H groups in total. The van der Waals surface area contributed by atoms with Crippen LogP contribution in [0.2, 0.25) is 0 Å². The predicted octanol–water partition coefficient (Wildman–Crippen LogP) is 4.02. The van der Waals surface area contributed by atoms with Gasteiger partial charge in [0, 0.05) is 18.9 Å². The zero-order valence-electron chi connectivity index (χ0n) is 16.6. The van der Waals surface area contributed by atoms with Crippen LogP contribution in [0.15, 0.2) is 95.6 Å². The highest BCUT2D eigenvalue weighted by atomic mass is 16.5. The number of aliphatic hydroxyl groups is 1. The molecular formula is C24H20N2O5. The molecule has 0 aliphatic carbocycles. The number of carbonyl (C=O) groups excluding carboxylic acids is 2. The first-order valence-corrected chi connectivity index (χ1v) is 9.65. The maximum atomic E-state index is 13.2. The Morgan fingerprint density at radius 3 is 2.74 bits per heavy atom. The average molecular weight is 416 g/mol. The number of nitrogens with zero attached hydrogens (tertiary/aromatic N) is 2. The molecule has 2 aromatic heterocycles. The largest absolute Gasteiger partial charge is 0.503 e. The van der Waals surface area contributed by atoms with Crippen LogP contribution in [-0.4, -0.2) is 33.3 Å². The minimum atomic E-state index is -0.814. The van der Waals surface area contributed by atoms with Crippen LogP contribution in [0.3, 0.4) is 0 Å². The van der Waals surface area contributed by atoms with Crippen molar-refractivity contribution in [3.8, 4) is 5.75 Å². The molecule has 7 heteroatoms. The third-order valence-electron chi connectivity index (χ3n) is 4.94. The second-order valence-electron chi connectivity index (χ2n) is 6.93. The number of hydrogen-bond acceptors (Lipinski definition) is 6. The van der Waals surface area contributed by atoms with Crippen molar-refractivity contribution < 1.29 is 23.8 Å². The standard InChI is InChI=1S/C24H20N2O5/c1-2-12-30-18-6-3-5-17(14-18)21-20(22(27)19-7-4-13-31-19)23(28)24(29)26(21)15-16-8-10-25-11-9-16/h2-11,13-14,21,28H,1,12,15H2/t21-/m1/s1. The molecule has 0 fully saturated rings. The lowest BCUT2D eigenvalue weighted by Gasteiger charge is -2.27. The first kappa shape index (κ1) is 20.2. The molecule has 31 heavy (non-hydrogen) atoms. The predicted molar refractivity (Wildman–Crippen MR) is 112 cm³/mol. The van der Waals surface area contributed by atoms with Gasteiger partial charge in [-0.25, -0.2) is 0 Å². The monoisotopic (exact) mass is 416 g/mol.